The van der Waals surface area contributed by atoms with Crippen LogP contribution < -0.4 is 21.7 Å². The molecule has 1 unspecified atom stereocenters. The molecule has 1 aromatic heterocycles. The van der Waals surface area contributed by atoms with Gasteiger partial charge in [-0.05, 0) is 49.3 Å². The summed E-state index contributed by atoms with van der Waals surface area (Å²) in [5.41, 5.74) is 12.6. The SMILES string of the molecule is CCC(C(=O)NCCC(C)C)N(C(=O)c1snc(C(N)=O)c1N)c1ccc(C)cc1. The number of hydrogen-bond acceptors (Lipinski definition) is 6. The van der Waals surface area contributed by atoms with Crippen LogP contribution in [0.3, 0.4) is 0 Å². The number of nitrogens with two attached hydrogens (primary N) is 2. The highest BCUT2D eigenvalue weighted by molar-refractivity contribution is 7.09. The van der Waals surface area contributed by atoms with Gasteiger partial charge in [0.15, 0.2) is 5.69 Å². The Morgan fingerprint density at radius 2 is 1.83 bits per heavy atom. The summed E-state index contributed by atoms with van der Waals surface area (Å²) in [6.07, 6.45) is 1.24. The number of aryl methyl sites for hydroxylation is 1. The van der Waals surface area contributed by atoms with E-state index in [0.717, 1.165) is 23.5 Å². The lowest BCUT2D eigenvalue weighted by atomic mass is 10.1. The molecule has 0 aliphatic rings. The minimum atomic E-state index is -0.803. The van der Waals surface area contributed by atoms with Crippen molar-refractivity contribution in [2.45, 2.75) is 46.6 Å². The predicted octanol–water partition coefficient (Wildman–Crippen LogP) is 2.72. The molecule has 9 heteroatoms. The Kier molecular flexibility index (Phi) is 7.93. The van der Waals surface area contributed by atoms with E-state index in [1.54, 1.807) is 12.1 Å². The zero-order valence-corrected chi connectivity index (χ0v) is 18.6. The van der Waals surface area contributed by atoms with E-state index < -0.39 is 17.9 Å². The summed E-state index contributed by atoms with van der Waals surface area (Å²) >= 11 is 0.801. The lowest BCUT2D eigenvalue weighted by molar-refractivity contribution is -0.122. The van der Waals surface area contributed by atoms with Gasteiger partial charge in [0.05, 0.1) is 5.69 Å². The number of nitrogen functional groups attached to an aromatic ring is 1. The maximum absolute atomic E-state index is 13.5. The predicted molar refractivity (Wildman–Crippen MR) is 120 cm³/mol. The Morgan fingerprint density at radius 1 is 1.20 bits per heavy atom. The smallest absolute Gasteiger partial charge is 0.272 e. The quantitative estimate of drug-likeness (QED) is 0.562. The minimum absolute atomic E-state index is 0.0651. The molecule has 1 atom stereocenters. The Hall–Kier alpha value is -2.94. The number of benzene rings is 1. The summed E-state index contributed by atoms with van der Waals surface area (Å²) in [7, 11) is 0. The van der Waals surface area contributed by atoms with E-state index >= 15 is 0 Å². The van der Waals surface area contributed by atoms with Crippen molar-refractivity contribution >= 4 is 40.6 Å². The number of amides is 3. The molecule has 0 aliphatic carbocycles. The Morgan fingerprint density at radius 3 is 2.33 bits per heavy atom. The standard InChI is InChI=1S/C21H29N5O3S/c1-5-15(20(28)24-11-10-12(2)3)26(14-8-6-13(4)7-9-14)21(29)18-16(22)17(19(23)27)25-30-18/h6-9,12,15H,5,10-11,22H2,1-4H3,(H2,23,27)(H,24,28). The van der Waals surface area contributed by atoms with Crippen LogP contribution in [-0.2, 0) is 4.79 Å². The summed E-state index contributed by atoms with van der Waals surface area (Å²) in [6.45, 7) is 8.46. The number of carbonyl (C=O) groups excluding carboxylic acids is 3. The molecule has 2 rings (SSSR count). The molecule has 0 saturated heterocycles. The van der Waals surface area contributed by atoms with E-state index in [2.05, 4.69) is 23.5 Å². The third kappa shape index (κ3) is 5.35. The topological polar surface area (TPSA) is 131 Å². The van der Waals surface area contributed by atoms with Crippen LogP contribution in [0, 0.1) is 12.8 Å². The van der Waals surface area contributed by atoms with Gasteiger partial charge in [0.25, 0.3) is 11.8 Å². The summed E-state index contributed by atoms with van der Waals surface area (Å²) in [4.78, 5) is 39.4. The van der Waals surface area contributed by atoms with Crippen LogP contribution in [-0.4, -0.2) is 34.7 Å². The van der Waals surface area contributed by atoms with Gasteiger partial charge in [0.2, 0.25) is 5.91 Å². The van der Waals surface area contributed by atoms with Crippen molar-refractivity contribution in [2.75, 3.05) is 17.2 Å². The molecule has 1 heterocycles. The lowest BCUT2D eigenvalue weighted by Crippen LogP contribution is -2.50. The number of aromatic nitrogens is 1. The normalized spacial score (nSPS) is 11.9. The average molecular weight is 432 g/mol. The average Bonchev–Trinajstić information content (AvgIpc) is 3.07. The number of rotatable bonds is 9. The van der Waals surface area contributed by atoms with Crippen molar-refractivity contribution in [1.29, 1.82) is 0 Å². The number of hydrogen-bond donors (Lipinski definition) is 3. The van der Waals surface area contributed by atoms with Crippen LogP contribution >= 0.6 is 11.5 Å². The first-order valence-electron chi connectivity index (χ1n) is 9.90. The third-order valence-corrected chi connectivity index (χ3v) is 5.56. The third-order valence-electron chi connectivity index (χ3n) is 4.71. The van der Waals surface area contributed by atoms with Crippen molar-refractivity contribution in [2.24, 2.45) is 11.7 Å². The van der Waals surface area contributed by atoms with Crippen molar-refractivity contribution in [1.82, 2.24) is 9.69 Å². The van der Waals surface area contributed by atoms with Gasteiger partial charge < -0.3 is 16.8 Å². The Labute approximate surface area is 180 Å². The molecule has 0 spiro atoms. The van der Waals surface area contributed by atoms with Crippen LogP contribution in [0.15, 0.2) is 24.3 Å². The van der Waals surface area contributed by atoms with Gasteiger partial charge in [-0.25, -0.2) is 0 Å². The van der Waals surface area contributed by atoms with E-state index in [9.17, 15) is 14.4 Å². The van der Waals surface area contributed by atoms with Crippen LogP contribution in [0.2, 0.25) is 0 Å². The second-order valence-corrected chi connectivity index (χ2v) is 8.32. The van der Waals surface area contributed by atoms with E-state index in [1.807, 2.05) is 26.0 Å². The molecule has 0 bridgehead atoms. The van der Waals surface area contributed by atoms with E-state index in [0.29, 0.717) is 24.6 Å². The zero-order valence-electron chi connectivity index (χ0n) is 17.8. The van der Waals surface area contributed by atoms with Gasteiger partial charge in [0.1, 0.15) is 10.9 Å². The van der Waals surface area contributed by atoms with Crippen molar-refractivity contribution in [3.05, 3.63) is 40.4 Å². The monoisotopic (exact) mass is 431 g/mol. The van der Waals surface area contributed by atoms with E-state index in [-0.39, 0.29) is 22.2 Å². The van der Waals surface area contributed by atoms with Gasteiger partial charge in [-0.3, -0.25) is 19.3 Å². The van der Waals surface area contributed by atoms with Gasteiger partial charge in [-0.2, -0.15) is 4.37 Å². The zero-order chi connectivity index (χ0) is 22.4. The summed E-state index contributed by atoms with van der Waals surface area (Å²) in [6, 6.07) is 6.55. The fraction of sp³-hybridized carbons (Fsp3) is 0.429. The highest BCUT2D eigenvalue weighted by Gasteiger charge is 2.33. The summed E-state index contributed by atoms with van der Waals surface area (Å²) < 4.78 is 3.92. The van der Waals surface area contributed by atoms with Crippen molar-refractivity contribution in [3.8, 4) is 0 Å². The fourth-order valence-electron chi connectivity index (χ4n) is 2.97. The van der Waals surface area contributed by atoms with Crippen molar-refractivity contribution < 1.29 is 14.4 Å². The Balaban J connectivity index is 2.43. The van der Waals surface area contributed by atoms with Crippen LogP contribution in [0.25, 0.3) is 0 Å². The Bertz CT molecular complexity index is 908. The van der Waals surface area contributed by atoms with Gasteiger partial charge in [-0.1, -0.05) is 38.5 Å². The largest absolute Gasteiger partial charge is 0.395 e. The number of anilines is 2. The van der Waals surface area contributed by atoms with Crippen molar-refractivity contribution in [3.63, 3.8) is 0 Å². The lowest BCUT2D eigenvalue weighted by Gasteiger charge is -2.30. The molecule has 3 amide bonds. The fourth-order valence-corrected chi connectivity index (χ4v) is 3.71. The first-order chi connectivity index (χ1) is 14.2. The van der Waals surface area contributed by atoms with Gasteiger partial charge >= 0.3 is 0 Å². The summed E-state index contributed by atoms with van der Waals surface area (Å²) in [5, 5.41) is 2.92. The van der Waals surface area contributed by atoms with Gasteiger partial charge in [0, 0.05) is 12.2 Å². The van der Waals surface area contributed by atoms with E-state index in [4.69, 9.17) is 11.5 Å². The maximum atomic E-state index is 13.5. The first kappa shape index (κ1) is 23.3. The highest BCUT2D eigenvalue weighted by atomic mass is 32.1. The molecule has 0 fully saturated rings. The highest BCUT2D eigenvalue weighted by Crippen LogP contribution is 2.28. The van der Waals surface area contributed by atoms with Crippen LogP contribution in [0.5, 0.6) is 0 Å². The molecular formula is C21H29N5O3S. The molecule has 2 aromatic rings. The molecule has 5 N–H and O–H groups in total. The van der Waals surface area contributed by atoms with Crippen LogP contribution in [0.1, 0.15) is 59.3 Å². The number of carbonyl (C=O) groups is 3. The summed E-state index contributed by atoms with van der Waals surface area (Å²) in [5.74, 6) is -1.09. The second kappa shape index (κ2) is 10.2. The van der Waals surface area contributed by atoms with Gasteiger partial charge in [-0.15, -0.1) is 0 Å². The molecule has 0 saturated carbocycles. The molecule has 30 heavy (non-hydrogen) atoms. The minimum Gasteiger partial charge on any atom is -0.395 e. The molecular weight excluding hydrogens is 402 g/mol. The molecule has 162 valence electrons. The maximum Gasteiger partial charge on any atom is 0.272 e. The second-order valence-electron chi connectivity index (χ2n) is 7.55. The van der Waals surface area contributed by atoms with Crippen LogP contribution in [0.4, 0.5) is 11.4 Å². The number of primary amides is 1. The molecule has 0 radical (unpaired) electrons. The first-order valence-corrected chi connectivity index (χ1v) is 10.7. The number of nitrogens with zero attached hydrogens (tertiary/aromatic N) is 2. The van der Waals surface area contributed by atoms with E-state index in [1.165, 1.54) is 4.90 Å². The molecule has 8 nitrogen and oxygen atoms in total. The molecule has 1 aromatic carbocycles. The number of nitrogens with one attached hydrogen (secondary N) is 1. The molecule has 0 aliphatic heterocycles.